The Kier molecular flexibility index (Phi) is 6.93. The molecule has 3 atom stereocenters. The van der Waals surface area contributed by atoms with Crippen LogP contribution in [0.2, 0.25) is 0 Å². The molecule has 1 saturated carbocycles. The summed E-state index contributed by atoms with van der Waals surface area (Å²) in [6.07, 6.45) is 6.07. The molecule has 1 N–H and O–H groups in total. The second kappa shape index (κ2) is 10.6. The van der Waals surface area contributed by atoms with Crippen molar-refractivity contribution in [2.75, 3.05) is 19.6 Å². The molecule has 0 bridgehead atoms. The summed E-state index contributed by atoms with van der Waals surface area (Å²) >= 11 is 0. The zero-order valence-corrected chi connectivity index (χ0v) is 21.4. The van der Waals surface area contributed by atoms with Crippen LogP contribution in [0, 0.1) is 5.92 Å². The summed E-state index contributed by atoms with van der Waals surface area (Å²) in [5.74, 6) is 1.40. The first-order chi connectivity index (χ1) is 18.2. The van der Waals surface area contributed by atoms with Crippen LogP contribution >= 0.6 is 0 Å². The molecule has 1 saturated heterocycles. The van der Waals surface area contributed by atoms with Crippen LogP contribution in [-0.2, 0) is 6.42 Å². The van der Waals surface area contributed by atoms with Crippen LogP contribution in [0.25, 0.3) is 0 Å². The number of carbonyl (C=O) groups is 2. The number of carbonyl (C=O) groups excluding carboxylic acids is 2. The van der Waals surface area contributed by atoms with Crippen molar-refractivity contribution >= 4 is 11.7 Å². The van der Waals surface area contributed by atoms with Gasteiger partial charge in [0.2, 0.25) is 0 Å². The Hall–Kier alpha value is -3.24. The fourth-order valence-electron chi connectivity index (χ4n) is 6.37. The van der Waals surface area contributed by atoms with E-state index in [2.05, 4.69) is 52.7 Å². The maximum atomic E-state index is 13.3. The highest BCUT2D eigenvalue weighted by Crippen LogP contribution is 2.41. The minimum Gasteiger partial charge on any atom is -0.349 e. The summed E-state index contributed by atoms with van der Waals surface area (Å²) in [5.41, 5.74) is 5.28. The van der Waals surface area contributed by atoms with Gasteiger partial charge in [-0.05, 0) is 92.9 Å². The Morgan fingerprint density at radius 3 is 2.30 bits per heavy atom. The number of hydrogen-bond acceptors (Lipinski definition) is 3. The minimum absolute atomic E-state index is 0.0280. The van der Waals surface area contributed by atoms with Gasteiger partial charge in [-0.3, -0.25) is 9.59 Å². The summed E-state index contributed by atoms with van der Waals surface area (Å²) in [6, 6.07) is 27.1. The molecule has 1 amide bonds. The molecule has 0 aromatic heterocycles. The van der Waals surface area contributed by atoms with E-state index in [1.807, 2.05) is 36.4 Å². The topological polar surface area (TPSA) is 49.4 Å². The molecule has 2 aliphatic carbocycles. The summed E-state index contributed by atoms with van der Waals surface area (Å²) in [6.45, 7) is 3.22. The van der Waals surface area contributed by atoms with Crippen molar-refractivity contribution in [3.05, 3.63) is 107 Å². The van der Waals surface area contributed by atoms with Gasteiger partial charge in [0.15, 0.2) is 5.78 Å². The first-order valence-corrected chi connectivity index (χ1v) is 14.0. The summed E-state index contributed by atoms with van der Waals surface area (Å²) in [5, 5.41) is 3.19. The minimum atomic E-state index is -0.0280. The number of aryl methyl sites for hydroxylation is 1. The van der Waals surface area contributed by atoms with Gasteiger partial charge in [0.25, 0.3) is 5.91 Å². The number of rotatable bonds is 7. The summed E-state index contributed by atoms with van der Waals surface area (Å²) in [4.78, 5) is 28.7. The van der Waals surface area contributed by atoms with Crippen LogP contribution in [0.3, 0.4) is 0 Å². The number of likely N-dealkylation sites (tertiary alicyclic amines) is 1. The van der Waals surface area contributed by atoms with Crippen LogP contribution < -0.4 is 5.32 Å². The van der Waals surface area contributed by atoms with E-state index in [9.17, 15) is 9.59 Å². The van der Waals surface area contributed by atoms with E-state index in [0.717, 1.165) is 56.4 Å². The molecular weight excluding hydrogens is 456 g/mol. The number of ketones is 1. The lowest BCUT2D eigenvalue weighted by Gasteiger charge is -2.33. The Morgan fingerprint density at radius 2 is 1.57 bits per heavy atom. The molecular formula is C33H36N2O2. The molecule has 6 rings (SSSR count). The third-order valence-electron chi connectivity index (χ3n) is 8.75. The van der Waals surface area contributed by atoms with E-state index in [0.29, 0.717) is 17.4 Å². The number of nitrogens with one attached hydrogen (secondary N) is 1. The van der Waals surface area contributed by atoms with Crippen LogP contribution in [0.4, 0.5) is 0 Å². The molecule has 3 aromatic carbocycles. The Morgan fingerprint density at radius 1 is 0.865 bits per heavy atom. The van der Waals surface area contributed by atoms with Crippen LogP contribution in [0.15, 0.2) is 78.9 Å². The molecule has 1 heterocycles. The standard InChI is InChI=1S/C33H36N2O2/c36-32-26(17-20-35-18-15-24(16-19-35)23-7-3-1-4-8-23)11-12-27-21-28(13-14-29(27)32)33(37)34-31-22-30(31)25-9-5-2-6-10-25/h1-10,13-14,21,24,26,30-31H,11-12,15-20,22H2,(H,34,37)/t26?,30?,31-/m1/s1. The van der Waals surface area contributed by atoms with Gasteiger partial charge >= 0.3 is 0 Å². The molecule has 37 heavy (non-hydrogen) atoms. The maximum Gasteiger partial charge on any atom is 0.251 e. The largest absolute Gasteiger partial charge is 0.349 e. The van der Waals surface area contributed by atoms with Gasteiger partial charge in [-0.15, -0.1) is 0 Å². The highest BCUT2D eigenvalue weighted by atomic mass is 16.1. The zero-order chi connectivity index (χ0) is 25.2. The fourth-order valence-corrected chi connectivity index (χ4v) is 6.37. The molecule has 3 aliphatic rings. The van der Waals surface area contributed by atoms with Crippen molar-refractivity contribution in [2.45, 2.75) is 56.4 Å². The average Bonchev–Trinajstić information content (AvgIpc) is 3.73. The lowest BCUT2D eigenvalue weighted by atomic mass is 9.80. The predicted octanol–water partition coefficient (Wildman–Crippen LogP) is 5.99. The highest BCUT2D eigenvalue weighted by molar-refractivity contribution is 6.02. The number of piperidine rings is 1. The Labute approximate surface area is 220 Å². The monoisotopic (exact) mass is 492 g/mol. The van der Waals surface area contributed by atoms with Gasteiger partial charge in [-0.25, -0.2) is 0 Å². The molecule has 4 nitrogen and oxygen atoms in total. The first kappa shape index (κ1) is 24.1. The van der Waals surface area contributed by atoms with E-state index in [4.69, 9.17) is 0 Å². The molecule has 0 radical (unpaired) electrons. The zero-order valence-electron chi connectivity index (χ0n) is 21.4. The van der Waals surface area contributed by atoms with Gasteiger partial charge in [0.1, 0.15) is 0 Å². The van der Waals surface area contributed by atoms with E-state index in [1.165, 1.54) is 24.0 Å². The highest BCUT2D eigenvalue weighted by Gasteiger charge is 2.39. The quantitative estimate of drug-likeness (QED) is 0.441. The maximum absolute atomic E-state index is 13.3. The van der Waals surface area contributed by atoms with Crippen molar-refractivity contribution in [1.82, 2.24) is 10.2 Å². The number of nitrogens with zero attached hydrogens (tertiary/aromatic N) is 1. The molecule has 2 unspecified atom stereocenters. The normalized spacial score (nSPS) is 23.9. The predicted molar refractivity (Wildman–Crippen MR) is 147 cm³/mol. The van der Waals surface area contributed by atoms with E-state index < -0.39 is 0 Å². The van der Waals surface area contributed by atoms with Crippen molar-refractivity contribution in [3.8, 4) is 0 Å². The smallest absolute Gasteiger partial charge is 0.251 e. The van der Waals surface area contributed by atoms with Crippen LogP contribution in [-0.4, -0.2) is 42.3 Å². The third-order valence-corrected chi connectivity index (χ3v) is 8.75. The average molecular weight is 493 g/mol. The second-order valence-corrected chi connectivity index (χ2v) is 11.1. The molecule has 2 fully saturated rings. The molecule has 1 aliphatic heterocycles. The van der Waals surface area contributed by atoms with Gasteiger partial charge in [0, 0.05) is 29.0 Å². The lowest BCUT2D eigenvalue weighted by molar-refractivity contribution is 0.0875. The number of Topliss-reactive ketones (excluding diaryl/α,β-unsaturated/α-hetero) is 1. The van der Waals surface area contributed by atoms with Crippen molar-refractivity contribution in [1.29, 1.82) is 0 Å². The van der Waals surface area contributed by atoms with Crippen molar-refractivity contribution < 1.29 is 9.59 Å². The molecule has 4 heteroatoms. The third kappa shape index (κ3) is 5.40. The number of hydrogen-bond donors (Lipinski definition) is 1. The van der Waals surface area contributed by atoms with E-state index >= 15 is 0 Å². The number of benzene rings is 3. The first-order valence-electron chi connectivity index (χ1n) is 14.0. The molecule has 0 spiro atoms. The van der Waals surface area contributed by atoms with Crippen molar-refractivity contribution in [3.63, 3.8) is 0 Å². The summed E-state index contributed by atoms with van der Waals surface area (Å²) in [7, 11) is 0. The SMILES string of the molecule is O=C(N[C@@H]1CC1c1ccccc1)c1ccc2c(c1)CCC(CCN1CCC(c3ccccc3)CC1)C2=O. The van der Waals surface area contributed by atoms with Gasteiger partial charge in [-0.1, -0.05) is 66.7 Å². The van der Waals surface area contributed by atoms with Crippen molar-refractivity contribution in [2.24, 2.45) is 5.92 Å². The van der Waals surface area contributed by atoms with Gasteiger partial charge in [0.05, 0.1) is 0 Å². The molecule has 3 aromatic rings. The summed E-state index contributed by atoms with van der Waals surface area (Å²) < 4.78 is 0. The van der Waals surface area contributed by atoms with Gasteiger partial charge in [-0.2, -0.15) is 0 Å². The second-order valence-electron chi connectivity index (χ2n) is 11.1. The Bertz CT molecular complexity index is 1250. The van der Waals surface area contributed by atoms with E-state index in [1.54, 1.807) is 0 Å². The van der Waals surface area contributed by atoms with Gasteiger partial charge < -0.3 is 10.2 Å². The van der Waals surface area contributed by atoms with Crippen LogP contribution in [0.1, 0.15) is 81.3 Å². The van der Waals surface area contributed by atoms with E-state index in [-0.39, 0.29) is 23.7 Å². The Balaban J connectivity index is 1.00. The number of amides is 1. The number of fused-ring (bicyclic) bond motifs is 1. The fraction of sp³-hybridized carbons (Fsp3) is 0.394. The molecule has 190 valence electrons. The lowest BCUT2D eigenvalue weighted by Crippen LogP contribution is -2.36. The van der Waals surface area contributed by atoms with Crippen LogP contribution in [0.5, 0.6) is 0 Å².